The van der Waals surface area contributed by atoms with Crippen molar-refractivity contribution in [3.8, 4) is 0 Å². The Kier molecular flexibility index (Phi) is 2.52. The van der Waals surface area contributed by atoms with E-state index in [0.717, 1.165) is 5.82 Å². The van der Waals surface area contributed by atoms with Crippen molar-refractivity contribution in [2.75, 3.05) is 0 Å². The molecule has 0 saturated heterocycles. The minimum Gasteiger partial charge on any atom is -0.389 e. The van der Waals surface area contributed by atoms with Crippen LogP contribution in [0, 0.1) is 0 Å². The van der Waals surface area contributed by atoms with Crippen LogP contribution in [-0.4, -0.2) is 31.5 Å². The van der Waals surface area contributed by atoms with E-state index >= 15 is 0 Å². The molecule has 1 aliphatic carbocycles. The molecule has 5 heteroatoms. The summed E-state index contributed by atoms with van der Waals surface area (Å²) in [6.07, 6.45) is 3.42. The molecule has 0 aliphatic heterocycles. The van der Waals surface area contributed by atoms with Gasteiger partial charge < -0.3 is 10.8 Å². The third-order valence-corrected chi connectivity index (χ3v) is 2.91. The molecule has 0 atom stereocenters. The Labute approximate surface area is 89.3 Å². The van der Waals surface area contributed by atoms with Gasteiger partial charge in [-0.15, -0.1) is 0 Å². The van der Waals surface area contributed by atoms with Crippen molar-refractivity contribution in [2.24, 2.45) is 5.73 Å². The van der Waals surface area contributed by atoms with Gasteiger partial charge in [0.15, 0.2) is 0 Å². The van der Waals surface area contributed by atoms with Gasteiger partial charge in [-0.2, -0.15) is 5.10 Å². The van der Waals surface area contributed by atoms with E-state index in [-0.39, 0.29) is 12.1 Å². The quantitative estimate of drug-likeness (QED) is 0.750. The Morgan fingerprint density at radius 3 is 2.87 bits per heavy atom. The number of hydrogen-bond acceptors (Lipinski definition) is 4. The Bertz CT molecular complexity index is 341. The average Bonchev–Trinajstić information content (AvgIpc) is 2.49. The molecule has 5 nitrogen and oxygen atoms in total. The normalized spacial score (nSPS) is 30.6. The minimum atomic E-state index is -0.654. The summed E-state index contributed by atoms with van der Waals surface area (Å²) in [7, 11) is 0. The SMILES string of the molecule is CC(C)n1ncnc1CC1(O)CC(N)C1. The van der Waals surface area contributed by atoms with Gasteiger partial charge in [0.05, 0.1) is 5.60 Å². The van der Waals surface area contributed by atoms with Crippen LogP contribution in [-0.2, 0) is 6.42 Å². The second kappa shape index (κ2) is 3.57. The highest BCUT2D eigenvalue weighted by molar-refractivity contribution is 5.04. The van der Waals surface area contributed by atoms with Gasteiger partial charge in [-0.1, -0.05) is 0 Å². The number of hydrogen-bond donors (Lipinski definition) is 2. The lowest BCUT2D eigenvalue weighted by atomic mass is 9.74. The van der Waals surface area contributed by atoms with Gasteiger partial charge in [0.2, 0.25) is 0 Å². The van der Waals surface area contributed by atoms with Crippen LogP contribution >= 0.6 is 0 Å². The largest absolute Gasteiger partial charge is 0.389 e. The van der Waals surface area contributed by atoms with Crippen LogP contribution in [0.5, 0.6) is 0 Å². The molecule has 1 aromatic heterocycles. The van der Waals surface area contributed by atoms with Crippen molar-refractivity contribution in [3.63, 3.8) is 0 Å². The van der Waals surface area contributed by atoms with Crippen LogP contribution in [0.2, 0.25) is 0 Å². The molecular formula is C10H18N4O. The summed E-state index contributed by atoms with van der Waals surface area (Å²) in [5.41, 5.74) is 5.02. The molecule has 0 aromatic carbocycles. The van der Waals surface area contributed by atoms with Crippen LogP contribution in [0.15, 0.2) is 6.33 Å². The van der Waals surface area contributed by atoms with E-state index in [0.29, 0.717) is 19.3 Å². The molecule has 1 fully saturated rings. The number of aromatic nitrogens is 3. The maximum Gasteiger partial charge on any atom is 0.138 e. The van der Waals surface area contributed by atoms with Crippen LogP contribution in [0.1, 0.15) is 38.6 Å². The van der Waals surface area contributed by atoms with E-state index in [1.807, 2.05) is 4.68 Å². The van der Waals surface area contributed by atoms with Gasteiger partial charge in [0.1, 0.15) is 12.2 Å². The minimum absolute atomic E-state index is 0.144. The Hall–Kier alpha value is -0.940. The van der Waals surface area contributed by atoms with Crippen molar-refractivity contribution in [2.45, 2.75) is 50.8 Å². The summed E-state index contributed by atoms with van der Waals surface area (Å²) >= 11 is 0. The molecule has 1 heterocycles. The van der Waals surface area contributed by atoms with Crippen LogP contribution in [0.3, 0.4) is 0 Å². The molecular weight excluding hydrogens is 192 g/mol. The van der Waals surface area contributed by atoms with E-state index in [2.05, 4.69) is 23.9 Å². The predicted molar refractivity (Wildman–Crippen MR) is 56.3 cm³/mol. The zero-order valence-electron chi connectivity index (χ0n) is 9.22. The summed E-state index contributed by atoms with van der Waals surface area (Å²) < 4.78 is 1.85. The van der Waals surface area contributed by atoms with Gasteiger partial charge in [0.25, 0.3) is 0 Å². The topological polar surface area (TPSA) is 77.0 Å². The van der Waals surface area contributed by atoms with Crippen molar-refractivity contribution < 1.29 is 5.11 Å². The Morgan fingerprint density at radius 1 is 1.67 bits per heavy atom. The lowest BCUT2D eigenvalue weighted by Crippen LogP contribution is -2.53. The molecule has 0 bridgehead atoms. The number of rotatable bonds is 3. The Balaban J connectivity index is 2.08. The zero-order chi connectivity index (χ0) is 11.1. The molecule has 1 aromatic rings. The first-order valence-electron chi connectivity index (χ1n) is 5.36. The fourth-order valence-electron chi connectivity index (χ4n) is 2.19. The maximum atomic E-state index is 10.1. The van der Waals surface area contributed by atoms with Gasteiger partial charge in [0, 0.05) is 18.5 Å². The average molecular weight is 210 g/mol. The lowest BCUT2D eigenvalue weighted by molar-refractivity contribution is -0.0478. The van der Waals surface area contributed by atoms with Crippen molar-refractivity contribution in [3.05, 3.63) is 12.2 Å². The second-order valence-electron chi connectivity index (χ2n) is 4.78. The molecule has 0 radical (unpaired) electrons. The summed E-state index contributed by atoms with van der Waals surface area (Å²) in [6, 6.07) is 0.422. The van der Waals surface area contributed by atoms with Gasteiger partial charge in [-0.3, -0.25) is 0 Å². The van der Waals surface area contributed by atoms with E-state index in [4.69, 9.17) is 5.73 Å². The number of nitrogens with zero attached hydrogens (tertiary/aromatic N) is 3. The number of nitrogens with two attached hydrogens (primary N) is 1. The first kappa shape index (κ1) is 10.6. The molecule has 1 aliphatic rings. The lowest BCUT2D eigenvalue weighted by Gasteiger charge is -2.41. The standard InChI is InChI=1S/C10H18N4O/c1-7(2)14-9(12-6-13-14)5-10(15)3-8(11)4-10/h6-8,15H,3-5,11H2,1-2H3. The highest BCUT2D eigenvalue weighted by atomic mass is 16.3. The van der Waals surface area contributed by atoms with Crippen LogP contribution < -0.4 is 5.73 Å². The number of aliphatic hydroxyl groups is 1. The summed E-state index contributed by atoms with van der Waals surface area (Å²) in [5, 5.41) is 14.2. The first-order valence-corrected chi connectivity index (χ1v) is 5.36. The Morgan fingerprint density at radius 2 is 2.33 bits per heavy atom. The van der Waals surface area contributed by atoms with Gasteiger partial charge in [-0.25, -0.2) is 9.67 Å². The van der Waals surface area contributed by atoms with E-state index in [9.17, 15) is 5.11 Å². The molecule has 84 valence electrons. The maximum absolute atomic E-state index is 10.1. The molecule has 0 amide bonds. The molecule has 1 saturated carbocycles. The third-order valence-electron chi connectivity index (χ3n) is 2.91. The smallest absolute Gasteiger partial charge is 0.138 e. The van der Waals surface area contributed by atoms with E-state index in [1.54, 1.807) is 0 Å². The third kappa shape index (κ3) is 2.03. The molecule has 2 rings (SSSR count). The fraction of sp³-hybridized carbons (Fsp3) is 0.800. The van der Waals surface area contributed by atoms with Crippen molar-refractivity contribution in [1.29, 1.82) is 0 Å². The summed E-state index contributed by atoms with van der Waals surface area (Å²) in [6.45, 7) is 4.10. The van der Waals surface area contributed by atoms with Crippen molar-refractivity contribution >= 4 is 0 Å². The van der Waals surface area contributed by atoms with Crippen molar-refractivity contribution in [1.82, 2.24) is 14.8 Å². The van der Waals surface area contributed by atoms with Gasteiger partial charge >= 0.3 is 0 Å². The summed E-state index contributed by atoms with van der Waals surface area (Å²) in [5.74, 6) is 0.847. The fourth-order valence-corrected chi connectivity index (χ4v) is 2.19. The van der Waals surface area contributed by atoms with E-state index in [1.165, 1.54) is 6.33 Å². The molecule has 15 heavy (non-hydrogen) atoms. The second-order valence-corrected chi connectivity index (χ2v) is 4.78. The first-order chi connectivity index (χ1) is 7.00. The van der Waals surface area contributed by atoms with Crippen LogP contribution in [0.25, 0.3) is 0 Å². The van der Waals surface area contributed by atoms with E-state index < -0.39 is 5.60 Å². The predicted octanol–water partition coefficient (Wildman–Crippen LogP) is 0.254. The van der Waals surface area contributed by atoms with Crippen LogP contribution in [0.4, 0.5) is 0 Å². The highest BCUT2D eigenvalue weighted by Crippen LogP contribution is 2.33. The highest BCUT2D eigenvalue weighted by Gasteiger charge is 2.41. The molecule has 0 unspecified atom stereocenters. The monoisotopic (exact) mass is 210 g/mol. The molecule has 0 spiro atoms. The summed E-state index contributed by atoms with van der Waals surface area (Å²) in [4.78, 5) is 4.18. The van der Waals surface area contributed by atoms with Gasteiger partial charge in [-0.05, 0) is 26.7 Å². The zero-order valence-corrected chi connectivity index (χ0v) is 9.22. The molecule has 3 N–H and O–H groups in total.